The molecular weight excluding hydrogens is 498 g/mol. The second kappa shape index (κ2) is 9.17. The van der Waals surface area contributed by atoms with E-state index < -0.39 is 59.6 Å². The first-order chi connectivity index (χ1) is 16.8. The van der Waals surface area contributed by atoms with Crippen LogP contribution < -0.4 is 4.90 Å². The highest BCUT2D eigenvalue weighted by Crippen LogP contribution is 2.41. The molecule has 2 heterocycles. The van der Waals surface area contributed by atoms with Crippen molar-refractivity contribution in [3.63, 3.8) is 0 Å². The summed E-state index contributed by atoms with van der Waals surface area (Å²) in [6, 6.07) is 5.09. The average Bonchev–Trinajstić information content (AvgIpc) is 3.25. The molecule has 0 saturated heterocycles. The van der Waals surface area contributed by atoms with Crippen molar-refractivity contribution in [1.29, 1.82) is 0 Å². The Morgan fingerprint density at radius 3 is 2.42 bits per heavy atom. The zero-order chi connectivity index (χ0) is 26.4. The van der Waals surface area contributed by atoms with E-state index in [1.54, 1.807) is 0 Å². The number of halogens is 8. The van der Waals surface area contributed by atoms with Crippen LogP contribution in [0.25, 0.3) is 16.7 Å². The summed E-state index contributed by atoms with van der Waals surface area (Å²) in [5, 5.41) is 6.91. The Balaban J connectivity index is 1.87. The van der Waals surface area contributed by atoms with Crippen LogP contribution in [0.2, 0.25) is 0 Å². The highest BCUT2D eigenvalue weighted by atomic mass is 19.4. The van der Waals surface area contributed by atoms with Crippen molar-refractivity contribution in [2.45, 2.75) is 39.3 Å². The molecule has 0 bridgehead atoms. The second-order valence-electron chi connectivity index (χ2n) is 8.89. The van der Waals surface area contributed by atoms with E-state index in [-0.39, 0.29) is 29.0 Å². The Bertz CT molecular complexity index is 1410. The summed E-state index contributed by atoms with van der Waals surface area (Å²) >= 11 is 0. The highest BCUT2D eigenvalue weighted by Gasteiger charge is 2.46. The Morgan fingerprint density at radius 1 is 1.03 bits per heavy atom. The van der Waals surface area contributed by atoms with Gasteiger partial charge in [0.1, 0.15) is 18.0 Å². The maximum Gasteiger partial charge on any atom is 0.393 e. The number of aromatic nitrogens is 4. The molecule has 192 valence electrons. The third kappa shape index (κ3) is 4.78. The molecule has 0 atom stereocenters. The van der Waals surface area contributed by atoms with Crippen LogP contribution in [0.1, 0.15) is 25.8 Å². The lowest BCUT2D eigenvalue weighted by Gasteiger charge is -2.28. The first kappa shape index (κ1) is 25.6. The number of benzene rings is 2. The molecule has 36 heavy (non-hydrogen) atoms. The van der Waals surface area contributed by atoms with E-state index in [4.69, 9.17) is 0 Å². The van der Waals surface area contributed by atoms with Gasteiger partial charge < -0.3 is 4.90 Å². The van der Waals surface area contributed by atoms with Crippen molar-refractivity contribution in [2.24, 2.45) is 5.41 Å². The smallest absolute Gasteiger partial charge is 0.320 e. The predicted octanol–water partition coefficient (Wildman–Crippen LogP) is 6.62. The maximum absolute atomic E-state index is 15.0. The molecule has 4 aromatic rings. The number of rotatable bonds is 7. The number of nitrogens with zero attached hydrogens (tertiary/aromatic N) is 5. The fourth-order valence-corrected chi connectivity index (χ4v) is 3.76. The van der Waals surface area contributed by atoms with E-state index in [1.165, 1.54) is 22.9 Å². The lowest BCUT2D eigenvalue weighted by Crippen LogP contribution is -2.32. The summed E-state index contributed by atoms with van der Waals surface area (Å²) in [5.41, 5.74) is -2.20. The van der Waals surface area contributed by atoms with Crippen LogP contribution in [0.4, 0.5) is 46.6 Å². The molecule has 0 amide bonds. The van der Waals surface area contributed by atoms with Crippen LogP contribution >= 0.6 is 0 Å². The van der Waals surface area contributed by atoms with E-state index in [9.17, 15) is 35.1 Å². The normalized spacial score (nSPS) is 12.8. The first-order valence-electron chi connectivity index (χ1n) is 10.7. The molecule has 0 aliphatic rings. The van der Waals surface area contributed by atoms with E-state index in [0.717, 1.165) is 36.9 Å². The van der Waals surface area contributed by atoms with Crippen molar-refractivity contribution < 1.29 is 35.1 Å². The van der Waals surface area contributed by atoms with E-state index >= 15 is 0 Å². The number of fused-ring (bicyclic) bond motifs is 3. The average molecular weight is 517 g/mol. The van der Waals surface area contributed by atoms with Gasteiger partial charge in [0, 0.05) is 5.69 Å². The topological polar surface area (TPSA) is 46.3 Å². The SMILES string of the molecule is CC(C)(CCc1cc(F)cc(N(CC(F)F)c2nc3nncn3c3ccc(F)c(F)c23)c1)C(F)(F)F. The van der Waals surface area contributed by atoms with Crippen LogP contribution in [0.3, 0.4) is 0 Å². The summed E-state index contributed by atoms with van der Waals surface area (Å²) < 4.78 is 112. The number of hydrogen-bond donors (Lipinski definition) is 0. The van der Waals surface area contributed by atoms with E-state index in [1.807, 2.05) is 0 Å². The lowest BCUT2D eigenvalue weighted by atomic mass is 9.85. The van der Waals surface area contributed by atoms with Crippen LogP contribution in [0, 0.1) is 22.9 Å². The highest BCUT2D eigenvalue weighted by molar-refractivity contribution is 5.94. The minimum atomic E-state index is -4.51. The standard InChI is InChI=1S/C23H19F8N5/c1-22(2,23(29,30)31)6-5-12-7-13(24)9-14(8-12)35(10-17(26)27)20-18-16(4-3-15(25)19(18)28)36-11-32-34-21(36)33-20/h3-4,7-9,11,17H,5-6,10H2,1-2H3. The van der Waals surface area contributed by atoms with Crippen LogP contribution in [0.15, 0.2) is 36.7 Å². The van der Waals surface area contributed by atoms with E-state index in [2.05, 4.69) is 15.2 Å². The fraction of sp³-hybridized carbons (Fsp3) is 0.348. The summed E-state index contributed by atoms with van der Waals surface area (Å²) in [5.74, 6) is -4.16. The first-order valence-corrected chi connectivity index (χ1v) is 10.7. The van der Waals surface area contributed by atoms with Gasteiger partial charge in [-0.3, -0.25) is 4.40 Å². The minimum absolute atomic E-state index is 0.0155. The predicted molar refractivity (Wildman–Crippen MR) is 116 cm³/mol. The van der Waals surface area contributed by atoms with Crippen molar-refractivity contribution >= 4 is 28.2 Å². The number of aryl methyl sites for hydroxylation is 1. The Morgan fingerprint density at radius 2 is 1.75 bits per heavy atom. The number of hydrogen-bond acceptors (Lipinski definition) is 4. The van der Waals surface area contributed by atoms with Crippen LogP contribution in [0.5, 0.6) is 0 Å². The molecule has 0 unspecified atom stereocenters. The quantitative estimate of drug-likeness (QED) is 0.259. The monoisotopic (exact) mass is 517 g/mol. The Hall–Kier alpha value is -3.51. The molecule has 0 saturated carbocycles. The van der Waals surface area contributed by atoms with Gasteiger partial charge in [-0.05, 0) is 48.7 Å². The molecular formula is C23H19F8N5. The molecule has 0 aliphatic carbocycles. The molecule has 4 rings (SSSR count). The molecule has 0 N–H and O–H groups in total. The van der Waals surface area contributed by atoms with Crippen LogP contribution in [-0.4, -0.2) is 38.7 Å². The maximum atomic E-state index is 15.0. The molecule has 13 heteroatoms. The molecule has 0 aliphatic heterocycles. The zero-order valence-corrected chi connectivity index (χ0v) is 18.9. The Kier molecular flexibility index (Phi) is 6.52. The fourth-order valence-electron chi connectivity index (χ4n) is 3.76. The van der Waals surface area contributed by atoms with Crippen LogP contribution in [-0.2, 0) is 6.42 Å². The van der Waals surface area contributed by atoms with Crippen molar-refractivity contribution in [3.8, 4) is 0 Å². The molecule has 2 aromatic heterocycles. The number of alkyl halides is 5. The van der Waals surface area contributed by atoms with Gasteiger partial charge in [-0.2, -0.15) is 18.2 Å². The van der Waals surface area contributed by atoms with Gasteiger partial charge in [-0.25, -0.2) is 22.0 Å². The second-order valence-corrected chi connectivity index (χ2v) is 8.89. The van der Waals surface area contributed by atoms with Gasteiger partial charge in [0.05, 0.1) is 22.9 Å². The van der Waals surface area contributed by atoms with E-state index in [0.29, 0.717) is 0 Å². The molecule has 0 radical (unpaired) electrons. The molecule has 2 aromatic carbocycles. The van der Waals surface area contributed by atoms with Gasteiger partial charge in [0.25, 0.3) is 12.2 Å². The van der Waals surface area contributed by atoms with Gasteiger partial charge >= 0.3 is 6.18 Å². The third-order valence-electron chi connectivity index (χ3n) is 5.93. The summed E-state index contributed by atoms with van der Waals surface area (Å²) in [6.07, 6.45) is -6.99. The molecule has 5 nitrogen and oxygen atoms in total. The van der Waals surface area contributed by atoms with Gasteiger partial charge in [0.2, 0.25) is 0 Å². The van der Waals surface area contributed by atoms with Crippen molar-refractivity contribution in [2.75, 3.05) is 11.4 Å². The summed E-state index contributed by atoms with van der Waals surface area (Å²) in [6.45, 7) is 0.897. The third-order valence-corrected chi connectivity index (χ3v) is 5.93. The minimum Gasteiger partial charge on any atom is -0.320 e. The zero-order valence-electron chi connectivity index (χ0n) is 18.9. The summed E-state index contributed by atoms with van der Waals surface area (Å²) in [7, 11) is 0. The van der Waals surface area contributed by atoms with Gasteiger partial charge in [-0.1, -0.05) is 13.8 Å². The number of anilines is 2. The van der Waals surface area contributed by atoms with Gasteiger partial charge in [0.15, 0.2) is 11.6 Å². The van der Waals surface area contributed by atoms with Crippen molar-refractivity contribution in [1.82, 2.24) is 19.6 Å². The Labute approximate surface area is 199 Å². The van der Waals surface area contributed by atoms with Gasteiger partial charge in [-0.15, -0.1) is 10.2 Å². The largest absolute Gasteiger partial charge is 0.393 e. The van der Waals surface area contributed by atoms with Crippen molar-refractivity contribution in [3.05, 3.63) is 59.7 Å². The molecule has 0 fully saturated rings. The molecule has 0 spiro atoms. The summed E-state index contributed by atoms with van der Waals surface area (Å²) in [4.78, 5) is 4.86. The lowest BCUT2D eigenvalue weighted by molar-refractivity contribution is -0.213.